The van der Waals surface area contributed by atoms with Crippen molar-refractivity contribution in [2.75, 3.05) is 6.61 Å². The Balaban J connectivity index is 1.98. The number of rotatable bonds is 6. The summed E-state index contributed by atoms with van der Waals surface area (Å²) in [5.74, 6) is 0.0661. The lowest BCUT2D eigenvalue weighted by molar-refractivity contribution is -0.0328. The van der Waals surface area contributed by atoms with Crippen molar-refractivity contribution >= 4 is 17.7 Å². The third kappa shape index (κ3) is 5.87. The second-order valence-electron chi connectivity index (χ2n) is 5.50. The summed E-state index contributed by atoms with van der Waals surface area (Å²) in [6.07, 6.45) is 6.28. The molecule has 0 bridgehead atoms. The highest BCUT2D eigenvalue weighted by atomic mass is 32.2. The van der Waals surface area contributed by atoms with Crippen molar-refractivity contribution in [1.82, 2.24) is 5.32 Å². The SMILES string of the molecule is CC(C#N)(COC1=CCC=C1)NC(=O)c1ccc(SC(F)(F)F)cc1. The summed E-state index contributed by atoms with van der Waals surface area (Å²) < 4.78 is 42.4. The summed E-state index contributed by atoms with van der Waals surface area (Å²) in [6.45, 7) is 1.46. The molecule has 8 heteroatoms. The zero-order chi connectivity index (χ0) is 18.5. The quantitative estimate of drug-likeness (QED) is 0.766. The second-order valence-corrected chi connectivity index (χ2v) is 6.64. The Morgan fingerprint density at radius 2 is 2.04 bits per heavy atom. The zero-order valence-corrected chi connectivity index (χ0v) is 14.1. The van der Waals surface area contributed by atoms with Gasteiger partial charge in [0.1, 0.15) is 12.4 Å². The van der Waals surface area contributed by atoms with E-state index in [1.807, 2.05) is 18.2 Å². The van der Waals surface area contributed by atoms with Crippen molar-refractivity contribution in [1.29, 1.82) is 5.26 Å². The average Bonchev–Trinajstić information content (AvgIpc) is 3.05. The molecule has 132 valence electrons. The highest BCUT2D eigenvalue weighted by Gasteiger charge is 2.30. The molecule has 1 aliphatic carbocycles. The summed E-state index contributed by atoms with van der Waals surface area (Å²) in [6, 6.07) is 6.97. The minimum atomic E-state index is -4.39. The molecule has 0 aromatic heterocycles. The van der Waals surface area contributed by atoms with Gasteiger partial charge in [0.15, 0.2) is 5.54 Å². The summed E-state index contributed by atoms with van der Waals surface area (Å²) >= 11 is -0.256. The van der Waals surface area contributed by atoms with Gasteiger partial charge in [0.25, 0.3) is 5.91 Å². The van der Waals surface area contributed by atoms with Crippen LogP contribution in [0.5, 0.6) is 0 Å². The van der Waals surface area contributed by atoms with E-state index in [-0.39, 0.29) is 28.8 Å². The number of thioether (sulfide) groups is 1. The fourth-order valence-electron chi connectivity index (χ4n) is 2.00. The zero-order valence-electron chi connectivity index (χ0n) is 13.3. The predicted octanol–water partition coefficient (Wildman–Crippen LogP) is 4.17. The molecule has 1 amide bonds. The van der Waals surface area contributed by atoms with Gasteiger partial charge in [-0.2, -0.15) is 18.4 Å². The fraction of sp³-hybridized carbons (Fsp3) is 0.294. The van der Waals surface area contributed by atoms with Gasteiger partial charge < -0.3 is 10.1 Å². The molecule has 1 N–H and O–H groups in total. The van der Waals surface area contributed by atoms with E-state index in [1.54, 1.807) is 6.08 Å². The molecular weight excluding hydrogens is 353 g/mol. The first-order valence-electron chi connectivity index (χ1n) is 7.30. The summed E-state index contributed by atoms with van der Waals surface area (Å²) in [5, 5.41) is 11.9. The maximum atomic E-state index is 12.3. The number of benzene rings is 1. The number of hydrogen-bond acceptors (Lipinski definition) is 4. The topological polar surface area (TPSA) is 62.1 Å². The molecular formula is C17H15F3N2O2S. The maximum absolute atomic E-state index is 12.3. The van der Waals surface area contributed by atoms with Crippen LogP contribution in [0.4, 0.5) is 13.2 Å². The molecule has 1 atom stereocenters. The number of allylic oxidation sites excluding steroid dienone is 3. The van der Waals surface area contributed by atoms with Crippen molar-refractivity contribution in [2.45, 2.75) is 29.3 Å². The normalized spacial score (nSPS) is 15.9. The smallest absolute Gasteiger partial charge is 0.446 e. The molecule has 0 saturated carbocycles. The Morgan fingerprint density at radius 1 is 1.36 bits per heavy atom. The minimum absolute atomic E-state index is 0.0182. The standard InChI is InChI=1S/C17H15F3N2O2S/c1-16(10-21,11-24-13-4-2-3-5-13)22-15(23)12-6-8-14(9-7-12)25-17(18,19)20/h2,4-9H,3,11H2,1H3,(H,22,23). The fourth-order valence-corrected chi connectivity index (χ4v) is 2.54. The van der Waals surface area contributed by atoms with E-state index in [2.05, 4.69) is 5.32 Å². The monoisotopic (exact) mass is 368 g/mol. The van der Waals surface area contributed by atoms with E-state index >= 15 is 0 Å². The molecule has 25 heavy (non-hydrogen) atoms. The van der Waals surface area contributed by atoms with Crippen molar-refractivity contribution in [3.05, 3.63) is 53.8 Å². The number of carbonyl (C=O) groups excluding carboxylic acids is 1. The first-order valence-corrected chi connectivity index (χ1v) is 8.11. The molecule has 0 radical (unpaired) electrons. The number of nitrogens with one attached hydrogen (secondary N) is 1. The van der Waals surface area contributed by atoms with Gasteiger partial charge in [-0.3, -0.25) is 4.79 Å². The van der Waals surface area contributed by atoms with Crippen LogP contribution in [0.2, 0.25) is 0 Å². The maximum Gasteiger partial charge on any atom is 0.446 e. The molecule has 0 heterocycles. The Morgan fingerprint density at radius 3 is 2.56 bits per heavy atom. The van der Waals surface area contributed by atoms with Crippen LogP contribution in [0.1, 0.15) is 23.7 Å². The van der Waals surface area contributed by atoms with Crippen LogP contribution in [0, 0.1) is 11.3 Å². The lowest BCUT2D eigenvalue weighted by Crippen LogP contribution is -2.48. The van der Waals surface area contributed by atoms with Crippen LogP contribution in [-0.4, -0.2) is 23.6 Å². The number of halogens is 3. The van der Waals surface area contributed by atoms with Crippen LogP contribution in [0.25, 0.3) is 0 Å². The van der Waals surface area contributed by atoms with Gasteiger partial charge in [-0.1, -0.05) is 6.08 Å². The predicted molar refractivity (Wildman–Crippen MR) is 87.6 cm³/mol. The first kappa shape index (κ1) is 18.9. The van der Waals surface area contributed by atoms with Crippen LogP contribution in [0.15, 0.2) is 53.1 Å². The molecule has 0 fully saturated rings. The van der Waals surface area contributed by atoms with Gasteiger partial charge in [0.05, 0.1) is 6.07 Å². The molecule has 4 nitrogen and oxygen atoms in total. The van der Waals surface area contributed by atoms with Gasteiger partial charge in [-0.15, -0.1) is 0 Å². The van der Waals surface area contributed by atoms with Crippen molar-refractivity contribution < 1.29 is 22.7 Å². The van der Waals surface area contributed by atoms with Crippen molar-refractivity contribution in [3.63, 3.8) is 0 Å². The molecule has 0 aliphatic heterocycles. The highest BCUT2D eigenvalue weighted by molar-refractivity contribution is 8.00. The van der Waals surface area contributed by atoms with E-state index in [9.17, 15) is 23.2 Å². The first-order chi connectivity index (χ1) is 11.7. The molecule has 1 aromatic rings. The Bertz CT molecular complexity index is 736. The van der Waals surface area contributed by atoms with Crippen LogP contribution >= 0.6 is 11.8 Å². The lowest BCUT2D eigenvalue weighted by atomic mass is 10.1. The number of hydrogen-bond donors (Lipinski definition) is 1. The van der Waals surface area contributed by atoms with Gasteiger partial charge in [-0.05, 0) is 61.5 Å². The van der Waals surface area contributed by atoms with Gasteiger partial charge >= 0.3 is 5.51 Å². The van der Waals surface area contributed by atoms with E-state index in [0.717, 1.165) is 6.42 Å². The van der Waals surface area contributed by atoms with Crippen molar-refractivity contribution in [3.8, 4) is 6.07 Å². The molecule has 0 spiro atoms. The summed E-state index contributed by atoms with van der Waals surface area (Å²) in [5.41, 5.74) is -5.49. The number of nitriles is 1. The Kier molecular flexibility index (Phi) is 5.80. The third-order valence-electron chi connectivity index (χ3n) is 3.25. The molecule has 1 unspecified atom stereocenters. The lowest BCUT2D eigenvalue weighted by Gasteiger charge is -2.23. The number of alkyl halides is 3. The number of amides is 1. The van der Waals surface area contributed by atoms with E-state index < -0.39 is 17.0 Å². The average molecular weight is 368 g/mol. The van der Waals surface area contributed by atoms with Crippen LogP contribution in [-0.2, 0) is 4.74 Å². The van der Waals surface area contributed by atoms with Crippen LogP contribution in [0.3, 0.4) is 0 Å². The number of nitrogens with zero attached hydrogens (tertiary/aromatic N) is 1. The van der Waals surface area contributed by atoms with Gasteiger partial charge in [-0.25, -0.2) is 0 Å². The molecule has 1 aromatic carbocycles. The van der Waals surface area contributed by atoms with Gasteiger partial charge in [0, 0.05) is 10.5 Å². The number of carbonyl (C=O) groups is 1. The molecule has 1 aliphatic rings. The number of ether oxygens (including phenoxy) is 1. The molecule has 2 rings (SSSR count). The van der Waals surface area contributed by atoms with Crippen LogP contribution < -0.4 is 5.32 Å². The van der Waals surface area contributed by atoms with Gasteiger partial charge in [0.2, 0.25) is 0 Å². The summed E-state index contributed by atoms with van der Waals surface area (Å²) in [7, 11) is 0. The Hall–Kier alpha value is -2.40. The van der Waals surface area contributed by atoms with E-state index in [1.165, 1.54) is 31.2 Å². The minimum Gasteiger partial charge on any atom is -0.490 e. The summed E-state index contributed by atoms with van der Waals surface area (Å²) in [4.78, 5) is 12.2. The second kappa shape index (κ2) is 7.66. The van der Waals surface area contributed by atoms with E-state index in [4.69, 9.17) is 4.74 Å². The third-order valence-corrected chi connectivity index (χ3v) is 3.99. The molecule has 0 saturated heterocycles. The van der Waals surface area contributed by atoms with Crippen molar-refractivity contribution in [2.24, 2.45) is 0 Å². The Labute approximate surface area is 147 Å². The largest absolute Gasteiger partial charge is 0.490 e. The van der Waals surface area contributed by atoms with E-state index in [0.29, 0.717) is 5.76 Å². The highest BCUT2D eigenvalue weighted by Crippen LogP contribution is 2.36.